The molecule has 4 nitrogen and oxygen atoms in total. The van der Waals surface area contributed by atoms with Crippen molar-refractivity contribution in [1.82, 2.24) is 9.97 Å². The van der Waals surface area contributed by atoms with Gasteiger partial charge in [0, 0.05) is 18.9 Å². The van der Waals surface area contributed by atoms with Crippen LogP contribution in [0.5, 0.6) is 0 Å². The average Bonchev–Trinajstić information content (AvgIpc) is 2.13. The van der Waals surface area contributed by atoms with Gasteiger partial charge in [-0.25, -0.2) is 4.98 Å². The van der Waals surface area contributed by atoms with Gasteiger partial charge in [-0.3, -0.25) is 4.79 Å². The molecule has 1 aromatic heterocycles. The molecular weight excluding hydrogens is 228 g/mol. The average molecular weight is 252 g/mol. The highest BCUT2D eigenvalue weighted by Crippen LogP contribution is 2.33. The number of hydrogen-bond donors (Lipinski definition) is 1. The predicted molar refractivity (Wildman–Crippen MR) is 72.6 cm³/mol. The minimum Gasteiger partial charge on any atom is -0.373 e. The Morgan fingerprint density at radius 2 is 2.00 bits per heavy atom. The minimum atomic E-state index is -0.211. The van der Waals surface area contributed by atoms with E-state index in [0.29, 0.717) is 11.7 Å². The third-order valence-electron chi connectivity index (χ3n) is 2.70. The molecule has 0 fully saturated rings. The number of nitrogens with one attached hydrogen (secondary N) is 1. The summed E-state index contributed by atoms with van der Waals surface area (Å²) in [6.45, 7) is 10.4. The van der Waals surface area contributed by atoms with E-state index in [1.54, 1.807) is 13.2 Å². The van der Waals surface area contributed by atoms with Crippen molar-refractivity contribution in [3.8, 4) is 0 Å². The molecule has 4 heteroatoms. The Hall–Kier alpha value is -1.16. The highest BCUT2D eigenvalue weighted by molar-refractivity contribution is 5.07. The number of H-pyrrole nitrogens is 1. The molecule has 0 saturated heterocycles. The SMILES string of the molecule is COC(c1nc(CC(C)C)cc(=O)[nH]1)C(C)(C)C. The third kappa shape index (κ3) is 3.95. The van der Waals surface area contributed by atoms with Crippen LogP contribution >= 0.6 is 0 Å². The normalized spacial score (nSPS) is 13.9. The van der Waals surface area contributed by atoms with Crippen LogP contribution in [0.3, 0.4) is 0 Å². The van der Waals surface area contributed by atoms with Crippen LogP contribution in [-0.4, -0.2) is 17.1 Å². The Labute approximate surface area is 109 Å². The molecule has 0 spiro atoms. The van der Waals surface area contributed by atoms with Gasteiger partial charge in [0.25, 0.3) is 5.56 Å². The van der Waals surface area contributed by atoms with Crippen LogP contribution in [0.2, 0.25) is 0 Å². The lowest BCUT2D eigenvalue weighted by Crippen LogP contribution is -2.26. The van der Waals surface area contributed by atoms with Crippen LogP contribution in [0.1, 0.15) is 52.2 Å². The molecule has 1 unspecified atom stereocenters. The topological polar surface area (TPSA) is 55.0 Å². The molecule has 1 rings (SSSR count). The highest BCUT2D eigenvalue weighted by atomic mass is 16.5. The number of methoxy groups -OCH3 is 1. The summed E-state index contributed by atoms with van der Waals surface area (Å²) in [6, 6.07) is 1.57. The summed E-state index contributed by atoms with van der Waals surface area (Å²) in [5, 5.41) is 0. The summed E-state index contributed by atoms with van der Waals surface area (Å²) in [6.07, 6.45) is 0.592. The lowest BCUT2D eigenvalue weighted by molar-refractivity contribution is 0.00831. The Kier molecular flexibility index (Phi) is 4.68. The second-order valence-corrected chi connectivity index (χ2v) is 6.20. The molecule has 18 heavy (non-hydrogen) atoms. The molecule has 0 aliphatic rings. The van der Waals surface area contributed by atoms with Crippen LogP contribution in [0, 0.1) is 11.3 Å². The van der Waals surface area contributed by atoms with Crippen molar-refractivity contribution >= 4 is 0 Å². The molecule has 1 heterocycles. The van der Waals surface area contributed by atoms with Crippen LogP contribution in [-0.2, 0) is 11.2 Å². The Morgan fingerprint density at radius 1 is 1.39 bits per heavy atom. The van der Waals surface area contributed by atoms with Crippen molar-refractivity contribution in [2.24, 2.45) is 11.3 Å². The summed E-state index contributed by atoms with van der Waals surface area (Å²) < 4.78 is 5.48. The quantitative estimate of drug-likeness (QED) is 0.896. The number of aromatic nitrogens is 2. The predicted octanol–water partition coefficient (Wildman–Crippen LogP) is 2.70. The summed E-state index contributed by atoms with van der Waals surface area (Å²) in [5.41, 5.74) is 0.609. The molecule has 0 saturated carbocycles. The van der Waals surface area contributed by atoms with E-state index in [-0.39, 0.29) is 17.1 Å². The number of rotatable bonds is 4. The first-order valence-electron chi connectivity index (χ1n) is 6.37. The van der Waals surface area contributed by atoms with Crippen molar-refractivity contribution in [2.45, 2.75) is 47.1 Å². The third-order valence-corrected chi connectivity index (χ3v) is 2.70. The van der Waals surface area contributed by atoms with Gasteiger partial charge in [0.1, 0.15) is 11.9 Å². The van der Waals surface area contributed by atoms with E-state index < -0.39 is 0 Å². The van der Waals surface area contributed by atoms with Gasteiger partial charge in [-0.2, -0.15) is 0 Å². The van der Waals surface area contributed by atoms with Gasteiger partial charge in [0.2, 0.25) is 0 Å². The second-order valence-electron chi connectivity index (χ2n) is 6.20. The molecule has 1 atom stereocenters. The van der Waals surface area contributed by atoms with Gasteiger partial charge in [-0.1, -0.05) is 34.6 Å². The van der Waals surface area contributed by atoms with E-state index in [4.69, 9.17) is 4.74 Å². The second kappa shape index (κ2) is 5.65. The fourth-order valence-electron chi connectivity index (χ4n) is 2.05. The molecule has 0 aromatic carbocycles. The zero-order valence-corrected chi connectivity index (χ0v) is 12.2. The summed E-state index contributed by atoms with van der Waals surface area (Å²) in [7, 11) is 1.64. The maximum atomic E-state index is 11.7. The molecule has 0 bridgehead atoms. The van der Waals surface area contributed by atoms with Gasteiger partial charge in [-0.15, -0.1) is 0 Å². The van der Waals surface area contributed by atoms with Crippen LogP contribution < -0.4 is 5.56 Å². The van der Waals surface area contributed by atoms with Gasteiger partial charge in [-0.05, 0) is 17.8 Å². The fraction of sp³-hybridized carbons (Fsp3) is 0.714. The van der Waals surface area contributed by atoms with Crippen LogP contribution in [0.25, 0.3) is 0 Å². The van der Waals surface area contributed by atoms with Gasteiger partial charge < -0.3 is 9.72 Å². The lowest BCUT2D eigenvalue weighted by Gasteiger charge is -2.28. The van der Waals surface area contributed by atoms with Gasteiger partial charge in [0.05, 0.1) is 0 Å². The monoisotopic (exact) mass is 252 g/mol. The standard InChI is InChI=1S/C14H24N2O2/c1-9(2)7-10-8-11(17)16-13(15-10)12(18-6)14(3,4)5/h8-9,12H,7H2,1-6H3,(H,15,16,17). The Bertz CT molecular complexity index is 444. The van der Waals surface area contributed by atoms with Crippen molar-refractivity contribution in [3.05, 3.63) is 27.9 Å². The van der Waals surface area contributed by atoms with E-state index in [1.165, 1.54) is 0 Å². The fourth-order valence-corrected chi connectivity index (χ4v) is 2.05. The molecule has 0 aliphatic carbocycles. The summed E-state index contributed by atoms with van der Waals surface area (Å²) in [5.74, 6) is 1.09. The van der Waals surface area contributed by atoms with Crippen molar-refractivity contribution in [3.63, 3.8) is 0 Å². The molecule has 0 amide bonds. The zero-order valence-electron chi connectivity index (χ0n) is 12.2. The zero-order chi connectivity index (χ0) is 13.9. The molecule has 0 aliphatic heterocycles. The first kappa shape index (κ1) is 14.9. The summed E-state index contributed by atoms with van der Waals surface area (Å²) >= 11 is 0. The molecular formula is C14H24N2O2. The maximum absolute atomic E-state index is 11.7. The highest BCUT2D eigenvalue weighted by Gasteiger charge is 2.28. The first-order chi connectivity index (χ1) is 8.24. The molecule has 1 aromatic rings. The number of ether oxygens (including phenoxy) is 1. The number of hydrogen-bond acceptors (Lipinski definition) is 3. The van der Waals surface area contributed by atoms with Crippen LogP contribution in [0.4, 0.5) is 0 Å². The van der Waals surface area contributed by atoms with Crippen molar-refractivity contribution in [1.29, 1.82) is 0 Å². The first-order valence-corrected chi connectivity index (χ1v) is 6.37. The number of aromatic amines is 1. The van der Waals surface area contributed by atoms with E-state index in [1.807, 2.05) is 0 Å². The van der Waals surface area contributed by atoms with E-state index in [2.05, 4.69) is 44.6 Å². The smallest absolute Gasteiger partial charge is 0.251 e. The maximum Gasteiger partial charge on any atom is 0.251 e. The number of nitrogens with zero attached hydrogens (tertiary/aromatic N) is 1. The largest absolute Gasteiger partial charge is 0.373 e. The molecule has 102 valence electrons. The van der Waals surface area contributed by atoms with Gasteiger partial charge in [0.15, 0.2) is 0 Å². The summed E-state index contributed by atoms with van der Waals surface area (Å²) in [4.78, 5) is 19.0. The Balaban J connectivity index is 3.16. The van der Waals surface area contributed by atoms with Crippen molar-refractivity contribution < 1.29 is 4.74 Å². The van der Waals surface area contributed by atoms with E-state index >= 15 is 0 Å². The van der Waals surface area contributed by atoms with E-state index in [9.17, 15) is 4.79 Å². The van der Waals surface area contributed by atoms with E-state index in [0.717, 1.165) is 12.1 Å². The molecule has 1 N–H and O–H groups in total. The molecule has 0 radical (unpaired) electrons. The lowest BCUT2D eigenvalue weighted by atomic mass is 9.88. The van der Waals surface area contributed by atoms with Crippen LogP contribution in [0.15, 0.2) is 10.9 Å². The van der Waals surface area contributed by atoms with Crippen molar-refractivity contribution in [2.75, 3.05) is 7.11 Å². The Morgan fingerprint density at radius 3 is 2.44 bits per heavy atom. The van der Waals surface area contributed by atoms with Gasteiger partial charge >= 0.3 is 0 Å². The minimum absolute atomic E-state index is 0.109.